The van der Waals surface area contributed by atoms with Crippen molar-refractivity contribution in [1.29, 1.82) is 0 Å². The van der Waals surface area contributed by atoms with Gasteiger partial charge in [0.15, 0.2) is 29.8 Å². The quantitative estimate of drug-likeness (QED) is 0.151. The van der Waals surface area contributed by atoms with Crippen LogP contribution in [0.2, 0.25) is 0 Å². The SMILES string of the molecule is CC(C)(ON=C(C(=O)NC1C(=O)N2C(C(=O)O)=C(C[n+]3ccccc3)CCC12C)c1csc(N)n1)C(=O)O. The number of carboxylic acid groups (broad SMARTS) is 2. The van der Waals surface area contributed by atoms with E-state index in [0.717, 1.165) is 11.3 Å². The Morgan fingerprint density at radius 3 is 2.58 bits per heavy atom. The average Bonchev–Trinajstić information content (AvgIpc) is 3.29. The van der Waals surface area contributed by atoms with E-state index in [1.54, 1.807) is 19.3 Å². The molecule has 0 aromatic carbocycles. The van der Waals surface area contributed by atoms with Gasteiger partial charge in [-0.3, -0.25) is 14.5 Å². The van der Waals surface area contributed by atoms with E-state index >= 15 is 0 Å². The minimum absolute atomic E-state index is 0.0388. The van der Waals surface area contributed by atoms with Crippen molar-refractivity contribution in [3.05, 3.63) is 52.9 Å². The number of allylic oxidation sites excluding steroid dienone is 1. The number of nitrogens with one attached hydrogen (secondary N) is 1. The molecule has 5 N–H and O–H groups in total. The Hall–Kier alpha value is -4.33. The summed E-state index contributed by atoms with van der Waals surface area (Å²) in [4.78, 5) is 60.5. The summed E-state index contributed by atoms with van der Waals surface area (Å²) in [5, 5.41) is 27.3. The summed E-state index contributed by atoms with van der Waals surface area (Å²) in [6.45, 7) is 4.52. The Kier molecular flexibility index (Phi) is 6.93. The number of aromatic nitrogens is 2. The summed E-state index contributed by atoms with van der Waals surface area (Å²) in [7, 11) is 0. The summed E-state index contributed by atoms with van der Waals surface area (Å²) in [5.74, 6) is -3.97. The van der Waals surface area contributed by atoms with Crippen LogP contribution in [0.25, 0.3) is 0 Å². The second kappa shape index (κ2) is 9.85. The van der Waals surface area contributed by atoms with Crippen molar-refractivity contribution in [3.8, 4) is 0 Å². The van der Waals surface area contributed by atoms with E-state index in [-0.39, 0.29) is 22.2 Å². The van der Waals surface area contributed by atoms with E-state index in [0.29, 0.717) is 25.0 Å². The first-order valence-electron chi connectivity index (χ1n) is 11.6. The fraction of sp³-hybridized carbons (Fsp3) is 0.375. The molecule has 13 nitrogen and oxygen atoms in total. The monoisotopic (exact) mass is 543 g/mol. The molecule has 2 atom stereocenters. The van der Waals surface area contributed by atoms with Gasteiger partial charge in [-0.15, -0.1) is 11.3 Å². The number of pyridine rings is 1. The molecule has 2 unspecified atom stereocenters. The molecule has 4 heterocycles. The number of amides is 2. The highest BCUT2D eigenvalue weighted by atomic mass is 32.1. The first-order chi connectivity index (χ1) is 17.8. The second-order valence-electron chi connectivity index (χ2n) is 9.66. The molecule has 14 heteroatoms. The Morgan fingerprint density at radius 2 is 2.00 bits per heavy atom. The molecule has 4 rings (SSSR count). The smallest absolute Gasteiger partial charge is 0.352 e. The van der Waals surface area contributed by atoms with E-state index in [1.165, 1.54) is 24.1 Å². The molecule has 0 bridgehead atoms. The molecule has 2 aliphatic rings. The third kappa shape index (κ3) is 4.81. The fourth-order valence-corrected chi connectivity index (χ4v) is 4.94. The lowest BCUT2D eigenvalue weighted by molar-refractivity contribution is -0.689. The molecule has 0 spiro atoms. The highest BCUT2D eigenvalue weighted by molar-refractivity contribution is 7.13. The molecule has 2 amide bonds. The van der Waals surface area contributed by atoms with Gasteiger partial charge in [-0.1, -0.05) is 11.2 Å². The van der Waals surface area contributed by atoms with Gasteiger partial charge < -0.3 is 26.1 Å². The van der Waals surface area contributed by atoms with E-state index in [2.05, 4.69) is 15.5 Å². The van der Waals surface area contributed by atoms with Crippen molar-refractivity contribution >= 4 is 45.9 Å². The van der Waals surface area contributed by atoms with Crippen LogP contribution in [0.3, 0.4) is 0 Å². The summed E-state index contributed by atoms with van der Waals surface area (Å²) in [5.41, 5.74) is 3.10. The Bertz CT molecular complexity index is 1370. The second-order valence-corrected chi connectivity index (χ2v) is 10.5. The predicted molar refractivity (Wildman–Crippen MR) is 134 cm³/mol. The van der Waals surface area contributed by atoms with E-state index in [4.69, 9.17) is 10.6 Å². The molecule has 1 fully saturated rings. The number of nitrogens with two attached hydrogens (primary N) is 1. The molecule has 2 aromatic heterocycles. The zero-order chi connectivity index (χ0) is 27.8. The van der Waals surface area contributed by atoms with Crippen molar-refractivity contribution in [3.63, 3.8) is 0 Å². The minimum atomic E-state index is -1.75. The fourth-order valence-electron chi connectivity index (χ4n) is 4.39. The number of rotatable bonds is 9. The normalized spacial score (nSPS) is 21.4. The zero-order valence-corrected chi connectivity index (χ0v) is 21.7. The van der Waals surface area contributed by atoms with Gasteiger partial charge in [0.2, 0.25) is 5.60 Å². The molecule has 38 heavy (non-hydrogen) atoms. The van der Waals surface area contributed by atoms with Crippen LogP contribution in [0.4, 0.5) is 5.13 Å². The van der Waals surface area contributed by atoms with Crippen molar-refractivity contribution in [2.24, 2.45) is 5.16 Å². The van der Waals surface area contributed by atoms with Crippen molar-refractivity contribution in [2.75, 3.05) is 5.73 Å². The number of thiazole rings is 1. The third-order valence-corrected chi connectivity index (χ3v) is 7.25. The van der Waals surface area contributed by atoms with Gasteiger partial charge in [-0.25, -0.2) is 19.1 Å². The number of nitrogen functional groups attached to an aromatic ring is 1. The van der Waals surface area contributed by atoms with Gasteiger partial charge in [0.1, 0.15) is 17.4 Å². The number of anilines is 1. The number of hydrogen-bond acceptors (Lipinski definition) is 9. The maximum absolute atomic E-state index is 13.3. The van der Waals surface area contributed by atoms with Gasteiger partial charge >= 0.3 is 11.9 Å². The molecule has 0 radical (unpaired) electrons. The number of carbonyl (C=O) groups is 4. The summed E-state index contributed by atoms with van der Waals surface area (Å²) < 4.78 is 1.82. The molecular weight excluding hydrogens is 516 g/mol. The van der Waals surface area contributed by atoms with Crippen LogP contribution in [0.5, 0.6) is 0 Å². The topological polar surface area (TPSA) is 188 Å². The van der Waals surface area contributed by atoms with Crippen LogP contribution >= 0.6 is 11.3 Å². The van der Waals surface area contributed by atoms with Crippen LogP contribution in [-0.2, 0) is 30.6 Å². The van der Waals surface area contributed by atoms with E-state index in [1.807, 2.05) is 22.8 Å². The zero-order valence-electron chi connectivity index (χ0n) is 20.9. The minimum Gasteiger partial charge on any atom is -0.478 e. The number of carbonyl (C=O) groups excluding carboxylic acids is 2. The lowest BCUT2D eigenvalue weighted by Crippen LogP contribution is -2.79. The lowest BCUT2D eigenvalue weighted by atomic mass is 9.72. The van der Waals surface area contributed by atoms with Crippen LogP contribution in [0.1, 0.15) is 39.3 Å². The Labute approximate surface area is 221 Å². The van der Waals surface area contributed by atoms with Crippen molar-refractivity contribution < 1.29 is 38.8 Å². The standard InChI is InChI=1S/C24H26N6O7S/c1-23(2,21(35)36)37-28-15(14-12-38-22(25)26-14)18(31)27-17-19(32)30-16(20(33)34)13(7-8-24(17,30)3)11-29-9-5-4-6-10-29/h4-6,9-10,12,17H,7-8,11H2,1-3H3,(H4-,25,26,27,31,33,34,35,36)/p+1. The van der Waals surface area contributed by atoms with Gasteiger partial charge in [-0.05, 0) is 33.6 Å². The number of aliphatic carboxylic acids is 2. The lowest BCUT2D eigenvalue weighted by Gasteiger charge is -2.58. The Balaban J connectivity index is 1.60. The van der Waals surface area contributed by atoms with Gasteiger partial charge in [0.05, 0.1) is 5.54 Å². The highest BCUT2D eigenvalue weighted by Gasteiger charge is 2.62. The van der Waals surface area contributed by atoms with Crippen LogP contribution < -0.4 is 15.6 Å². The van der Waals surface area contributed by atoms with Crippen molar-refractivity contribution in [2.45, 2.75) is 57.3 Å². The number of carboxylic acids is 2. The molecule has 1 saturated heterocycles. The van der Waals surface area contributed by atoms with Crippen LogP contribution in [-0.4, -0.2) is 66.7 Å². The first-order valence-corrected chi connectivity index (χ1v) is 12.5. The molecule has 0 aliphatic carbocycles. The Morgan fingerprint density at radius 1 is 1.32 bits per heavy atom. The van der Waals surface area contributed by atoms with Gasteiger partial charge in [0.25, 0.3) is 11.8 Å². The maximum Gasteiger partial charge on any atom is 0.352 e. The van der Waals surface area contributed by atoms with Crippen LogP contribution in [0.15, 0.2) is 52.4 Å². The molecular formula is C24H27N6O7S+. The van der Waals surface area contributed by atoms with Crippen molar-refractivity contribution in [1.82, 2.24) is 15.2 Å². The number of oxime groups is 1. The summed E-state index contributed by atoms with van der Waals surface area (Å²) in [6.07, 6.45) is 4.42. The molecule has 0 saturated carbocycles. The molecule has 2 aromatic rings. The highest BCUT2D eigenvalue weighted by Crippen LogP contribution is 2.45. The number of nitrogens with zero attached hydrogens (tertiary/aromatic N) is 4. The summed E-state index contributed by atoms with van der Waals surface area (Å²) >= 11 is 1.04. The van der Waals surface area contributed by atoms with Gasteiger partial charge in [-0.2, -0.15) is 0 Å². The van der Waals surface area contributed by atoms with Gasteiger partial charge in [0, 0.05) is 23.1 Å². The van der Waals surface area contributed by atoms with Crippen LogP contribution in [0, 0.1) is 0 Å². The number of hydrogen-bond donors (Lipinski definition) is 4. The number of fused-ring (bicyclic) bond motifs is 1. The summed E-state index contributed by atoms with van der Waals surface area (Å²) in [6, 6.07) is 4.44. The predicted octanol–water partition coefficient (Wildman–Crippen LogP) is 0.515. The molecule has 2 aliphatic heterocycles. The average molecular weight is 544 g/mol. The largest absolute Gasteiger partial charge is 0.478 e. The third-order valence-electron chi connectivity index (χ3n) is 6.58. The maximum atomic E-state index is 13.3. The van der Waals surface area contributed by atoms with E-state index < -0.39 is 40.9 Å². The molecule has 200 valence electrons. The number of β-lactam (4-membered cyclic amide) rings is 1. The first kappa shape index (κ1) is 26.7. The van der Waals surface area contributed by atoms with E-state index in [9.17, 15) is 29.4 Å².